The van der Waals surface area contributed by atoms with E-state index in [1.807, 2.05) is 30.3 Å². The quantitative estimate of drug-likeness (QED) is 0.273. The second-order valence-corrected chi connectivity index (χ2v) is 9.95. The summed E-state index contributed by atoms with van der Waals surface area (Å²) >= 11 is 12.6. The van der Waals surface area contributed by atoms with Crippen LogP contribution in [0.4, 0.5) is 10.5 Å². The summed E-state index contributed by atoms with van der Waals surface area (Å²) in [6.45, 7) is 7.09. The summed E-state index contributed by atoms with van der Waals surface area (Å²) in [5.74, 6) is -0.361. The van der Waals surface area contributed by atoms with E-state index in [4.69, 9.17) is 32.6 Å². The normalized spacial score (nSPS) is 11.6. The maximum absolute atomic E-state index is 13.3. The van der Waals surface area contributed by atoms with Gasteiger partial charge in [0.05, 0.1) is 11.1 Å². The third-order valence-corrected chi connectivity index (χ3v) is 6.23. The molecule has 0 aliphatic rings. The molecule has 180 valence electrons. The summed E-state index contributed by atoms with van der Waals surface area (Å²) in [7, 11) is 0. The van der Waals surface area contributed by atoms with Crippen LogP contribution in [0.15, 0.2) is 59.0 Å². The molecule has 1 amide bonds. The van der Waals surface area contributed by atoms with Gasteiger partial charge in [-0.05, 0) is 36.8 Å². The van der Waals surface area contributed by atoms with E-state index in [0.29, 0.717) is 32.3 Å². The number of amides is 1. The minimum absolute atomic E-state index is 0.0392. The Balaban J connectivity index is 2.13. The maximum Gasteiger partial charge on any atom is 0.411 e. The highest BCUT2D eigenvalue weighted by Gasteiger charge is 2.34. The molecule has 2 aromatic heterocycles. The number of aromatic nitrogens is 1. The Morgan fingerprint density at radius 2 is 1.69 bits per heavy atom. The second kappa shape index (κ2) is 9.36. The number of carbonyl (C=O) groups is 2. The molecular formula is C27H24Cl2N2O4. The Bertz CT molecular complexity index is 1440. The molecule has 8 heteroatoms. The average molecular weight is 511 g/mol. The number of Topliss-reactive ketones (excluding diaryl/α,β-unsaturated/α-hetero) is 1. The Morgan fingerprint density at radius 1 is 1.03 bits per heavy atom. The van der Waals surface area contributed by atoms with Crippen LogP contribution >= 0.6 is 23.2 Å². The van der Waals surface area contributed by atoms with Gasteiger partial charge in [-0.25, -0.2) is 9.78 Å². The van der Waals surface area contributed by atoms with Gasteiger partial charge in [0.15, 0.2) is 5.76 Å². The van der Waals surface area contributed by atoms with Crippen molar-refractivity contribution in [3.63, 3.8) is 0 Å². The van der Waals surface area contributed by atoms with Crippen LogP contribution in [-0.2, 0) is 0 Å². The Kier molecular flexibility index (Phi) is 6.62. The summed E-state index contributed by atoms with van der Waals surface area (Å²) in [5.41, 5.74) is 2.24. The van der Waals surface area contributed by atoms with E-state index in [-0.39, 0.29) is 29.5 Å². The van der Waals surface area contributed by atoms with Crippen molar-refractivity contribution in [3.8, 4) is 22.4 Å². The summed E-state index contributed by atoms with van der Waals surface area (Å²) < 4.78 is 6.00. The molecule has 0 bridgehead atoms. The number of carbonyl (C=O) groups excluding carboxylic acids is 1. The molecule has 6 nitrogen and oxygen atoms in total. The topological polar surface area (TPSA) is 83.6 Å². The first-order chi connectivity index (χ1) is 16.5. The van der Waals surface area contributed by atoms with Gasteiger partial charge in [0.25, 0.3) is 0 Å². The Hall–Kier alpha value is -3.35. The number of pyridine rings is 1. The molecule has 0 radical (unpaired) electrons. The van der Waals surface area contributed by atoms with Crippen LogP contribution in [0.25, 0.3) is 33.5 Å². The van der Waals surface area contributed by atoms with Crippen LogP contribution in [0.2, 0.25) is 10.0 Å². The number of hydrogen-bond acceptors (Lipinski definition) is 4. The minimum atomic E-state index is -1.19. The molecule has 0 atom stereocenters. The van der Waals surface area contributed by atoms with Gasteiger partial charge in [-0.15, -0.1) is 0 Å². The maximum atomic E-state index is 13.3. The average Bonchev–Trinajstić information content (AvgIpc) is 3.16. The first-order valence-corrected chi connectivity index (χ1v) is 11.8. The van der Waals surface area contributed by atoms with Gasteiger partial charge >= 0.3 is 6.09 Å². The van der Waals surface area contributed by atoms with Crippen LogP contribution in [0.3, 0.4) is 0 Å². The summed E-state index contributed by atoms with van der Waals surface area (Å²) in [5, 5.41) is 11.4. The molecule has 2 aromatic carbocycles. The molecule has 0 spiro atoms. The first-order valence-electron chi connectivity index (χ1n) is 11.1. The van der Waals surface area contributed by atoms with Gasteiger partial charge in [-0.3, -0.25) is 9.69 Å². The molecule has 0 aliphatic heterocycles. The molecular weight excluding hydrogens is 487 g/mol. The van der Waals surface area contributed by atoms with E-state index in [9.17, 15) is 14.7 Å². The largest absolute Gasteiger partial charge is 0.465 e. The van der Waals surface area contributed by atoms with E-state index < -0.39 is 11.5 Å². The zero-order valence-corrected chi connectivity index (χ0v) is 21.2. The predicted octanol–water partition coefficient (Wildman–Crippen LogP) is 8.20. The molecule has 0 aliphatic carbocycles. The molecule has 4 rings (SSSR count). The van der Waals surface area contributed by atoms with Crippen molar-refractivity contribution < 1.29 is 19.1 Å². The zero-order valence-electron chi connectivity index (χ0n) is 19.7. The third-order valence-electron chi connectivity index (χ3n) is 5.65. The fourth-order valence-corrected chi connectivity index (χ4v) is 4.22. The van der Waals surface area contributed by atoms with Crippen LogP contribution in [0.5, 0.6) is 0 Å². The van der Waals surface area contributed by atoms with Gasteiger partial charge in [-0.2, -0.15) is 0 Å². The molecule has 0 saturated heterocycles. The summed E-state index contributed by atoms with van der Waals surface area (Å²) in [6, 6.07) is 16.3. The van der Waals surface area contributed by atoms with Crippen molar-refractivity contribution in [2.24, 2.45) is 5.41 Å². The van der Waals surface area contributed by atoms with Gasteiger partial charge in [0, 0.05) is 33.1 Å². The fraction of sp³-hybridized carbons (Fsp3) is 0.222. The van der Waals surface area contributed by atoms with Crippen molar-refractivity contribution in [2.75, 3.05) is 11.4 Å². The molecule has 4 aromatic rings. The number of nitrogens with zero attached hydrogens (tertiary/aromatic N) is 2. The SMILES string of the molecule is CCN(C(=O)O)c1c(C(=O)C(C)(C)C)oc2nc(-c3ccccc3Cl)c(-c3ccc(Cl)cc3)cc12. The monoisotopic (exact) mass is 510 g/mol. The zero-order chi connectivity index (χ0) is 25.5. The van der Waals surface area contributed by atoms with E-state index in [0.717, 1.165) is 10.5 Å². The predicted molar refractivity (Wildman–Crippen MR) is 140 cm³/mol. The summed E-state index contributed by atoms with van der Waals surface area (Å²) in [4.78, 5) is 31.3. The Morgan fingerprint density at radius 3 is 2.26 bits per heavy atom. The van der Waals surface area contributed by atoms with Crippen LogP contribution in [-0.4, -0.2) is 28.5 Å². The number of benzene rings is 2. The van der Waals surface area contributed by atoms with Gasteiger partial charge in [0.1, 0.15) is 5.69 Å². The fourth-order valence-electron chi connectivity index (χ4n) is 3.87. The van der Waals surface area contributed by atoms with Crippen molar-refractivity contribution in [1.29, 1.82) is 0 Å². The highest BCUT2D eigenvalue weighted by molar-refractivity contribution is 6.33. The number of fused-ring (bicyclic) bond motifs is 1. The minimum Gasteiger partial charge on any atom is -0.465 e. The number of ketones is 1. The van der Waals surface area contributed by atoms with Crippen LogP contribution < -0.4 is 4.90 Å². The first kappa shape index (κ1) is 24.8. The second-order valence-electron chi connectivity index (χ2n) is 9.11. The molecule has 0 fully saturated rings. The van der Waals surface area contributed by atoms with Crippen molar-refractivity contribution in [3.05, 3.63) is 70.4 Å². The van der Waals surface area contributed by atoms with E-state index in [1.165, 1.54) is 0 Å². The summed E-state index contributed by atoms with van der Waals surface area (Å²) in [6.07, 6.45) is -1.19. The van der Waals surface area contributed by atoms with Crippen molar-refractivity contribution >= 4 is 51.9 Å². The highest BCUT2D eigenvalue weighted by atomic mass is 35.5. The van der Waals surface area contributed by atoms with E-state index in [1.54, 1.807) is 52.0 Å². The number of hydrogen-bond donors (Lipinski definition) is 1. The lowest BCUT2D eigenvalue weighted by molar-refractivity contribution is 0.0831. The van der Waals surface area contributed by atoms with Gasteiger partial charge < -0.3 is 9.52 Å². The Labute approximate surface area is 213 Å². The standard InChI is InChI=1S/C27H24Cl2N2O4/c1-5-31(26(33)34)22-19-14-18(15-10-12-16(28)13-11-15)21(17-8-6-7-9-20(17)29)30-25(19)35-23(22)24(32)27(2,3)4/h6-14H,5H2,1-4H3,(H,33,34). The third kappa shape index (κ3) is 4.64. The molecule has 0 saturated carbocycles. The number of anilines is 1. The molecule has 35 heavy (non-hydrogen) atoms. The number of furan rings is 1. The highest BCUT2D eigenvalue weighted by Crippen LogP contribution is 2.43. The molecule has 0 unspecified atom stereocenters. The number of rotatable bonds is 5. The van der Waals surface area contributed by atoms with Crippen molar-refractivity contribution in [1.82, 2.24) is 4.98 Å². The smallest absolute Gasteiger partial charge is 0.411 e. The van der Waals surface area contributed by atoms with Crippen LogP contribution in [0.1, 0.15) is 38.2 Å². The number of carboxylic acid groups (broad SMARTS) is 1. The lowest BCUT2D eigenvalue weighted by Crippen LogP contribution is -2.31. The molecule has 2 heterocycles. The molecule has 1 N–H and O–H groups in total. The number of halogens is 2. The lowest BCUT2D eigenvalue weighted by Gasteiger charge is -2.20. The van der Waals surface area contributed by atoms with Gasteiger partial charge in [0.2, 0.25) is 11.5 Å². The van der Waals surface area contributed by atoms with Crippen LogP contribution in [0, 0.1) is 5.41 Å². The van der Waals surface area contributed by atoms with Gasteiger partial charge in [-0.1, -0.05) is 74.3 Å². The van der Waals surface area contributed by atoms with E-state index in [2.05, 4.69) is 0 Å². The van der Waals surface area contributed by atoms with E-state index >= 15 is 0 Å². The van der Waals surface area contributed by atoms with Crippen molar-refractivity contribution in [2.45, 2.75) is 27.7 Å². The lowest BCUT2D eigenvalue weighted by atomic mass is 9.88.